The zero-order valence-corrected chi connectivity index (χ0v) is 15.5. The van der Waals surface area contributed by atoms with E-state index in [1.165, 1.54) is 11.3 Å². The molecule has 0 saturated carbocycles. The van der Waals surface area contributed by atoms with Crippen LogP contribution < -0.4 is 5.32 Å². The summed E-state index contributed by atoms with van der Waals surface area (Å²) in [7, 11) is 0. The maximum absolute atomic E-state index is 12.9. The molecule has 1 fully saturated rings. The van der Waals surface area contributed by atoms with Gasteiger partial charge in [-0.1, -0.05) is 23.7 Å². The van der Waals surface area contributed by atoms with Gasteiger partial charge < -0.3 is 14.5 Å². The van der Waals surface area contributed by atoms with Crippen molar-refractivity contribution in [2.45, 2.75) is 18.4 Å². The van der Waals surface area contributed by atoms with Gasteiger partial charge in [-0.15, -0.1) is 11.3 Å². The summed E-state index contributed by atoms with van der Waals surface area (Å²) in [6.07, 6.45) is 3.00. The van der Waals surface area contributed by atoms with Crippen LogP contribution in [0.4, 0.5) is 0 Å². The molecule has 0 atom stereocenters. The van der Waals surface area contributed by atoms with Crippen LogP contribution in [0.5, 0.6) is 0 Å². The predicted molar refractivity (Wildman–Crippen MR) is 100 cm³/mol. The van der Waals surface area contributed by atoms with E-state index in [0.29, 0.717) is 47.5 Å². The number of nitrogens with one attached hydrogen (secondary N) is 1. The molecule has 1 N–H and O–H groups in total. The van der Waals surface area contributed by atoms with Crippen LogP contribution in [-0.4, -0.2) is 24.1 Å². The molecule has 3 heterocycles. The molecule has 2 aromatic heterocycles. The number of thiazole rings is 1. The number of ether oxygens (including phenoxy) is 1. The van der Waals surface area contributed by atoms with Gasteiger partial charge in [0, 0.05) is 23.6 Å². The molecular weight excluding hydrogens is 372 g/mol. The van der Waals surface area contributed by atoms with E-state index < -0.39 is 5.54 Å². The van der Waals surface area contributed by atoms with Crippen molar-refractivity contribution in [2.75, 3.05) is 13.2 Å². The molecule has 4 rings (SSSR count). The van der Waals surface area contributed by atoms with Gasteiger partial charge in [-0.25, -0.2) is 4.98 Å². The summed E-state index contributed by atoms with van der Waals surface area (Å²) in [6, 6.07) is 11.2. The number of rotatable bonds is 4. The van der Waals surface area contributed by atoms with E-state index in [0.717, 1.165) is 5.56 Å². The Morgan fingerprint density at radius 3 is 2.65 bits per heavy atom. The summed E-state index contributed by atoms with van der Waals surface area (Å²) < 4.78 is 10.9. The van der Waals surface area contributed by atoms with Gasteiger partial charge in [0.25, 0.3) is 5.91 Å². The van der Waals surface area contributed by atoms with Crippen molar-refractivity contribution < 1.29 is 13.9 Å². The summed E-state index contributed by atoms with van der Waals surface area (Å²) in [4.78, 5) is 17.3. The first-order valence-electron chi connectivity index (χ1n) is 8.32. The fourth-order valence-electron chi connectivity index (χ4n) is 3.15. The average molecular weight is 389 g/mol. The van der Waals surface area contributed by atoms with E-state index in [9.17, 15) is 4.79 Å². The van der Waals surface area contributed by atoms with Gasteiger partial charge in [0.05, 0.1) is 11.8 Å². The molecule has 0 unspecified atom stereocenters. The van der Waals surface area contributed by atoms with Gasteiger partial charge in [0.15, 0.2) is 10.8 Å². The smallest absolute Gasteiger partial charge is 0.271 e. The summed E-state index contributed by atoms with van der Waals surface area (Å²) in [5.74, 6) is 0.462. The minimum Gasteiger partial charge on any atom is -0.462 e. The van der Waals surface area contributed by atoms with Crippen LogP contribution in [0.3, 0.4) is 0 Å². The molecular formula is C19H17ClN2O3S. The Balaban J connectivity index is 1.59. The Morgan fingerprint density at radius 1 is 1.19 bits per heavy atom. The molecule has 0 aliphatic carbocycles. The number of aromatic nitrogens is 1. The number of carbonyl (C=O) groups excluding carboxylic acids is 1. The van der Waals surface area contributed by atoms with Crippen LogP contribution in [0, 0.1) is 0 Å². The molecule has 0 spiro atoms. The lowest BCUT2D eigenvalue weighted by Crippen LogP contribution is -2.49. The van der Waals surface area contributed by atoms with E-state index >= 15 is 0 Å². The van der Waals surface area contributed by atoms with E-state index in [1.807, 2.05) is 30.3 Å². The highest BCUT2D eigenvalue weighted by Gasteiger charge is 2.36. The summed E-state index contributed by atoms with van der Waals surface area (Å²) in [6.45, 7) is 1.19. The van der Waals surface area contributed by atoms with Crippen LogP contribution in [0.1, 0.15) is 28.9 Å². The average Bonchev–Trinajstić information content (AvgIpc) is 3.34. The highest BCUT2D eigenvalue weighted by Crippen LogP contribution is 2.33. The lowest BCUT2D eigenvalue weighted by Gasteiger charge is -2.38. The third kappa shape index (κ3) is 3.40. The molecule has 1 amide bonds. The Labute approximate surface area is 160 Å². The van der Waals surface area contributed by atoms with Crippen LogP contribution >= 0.6 is 22.9 Å². The van der Waals surface area contributed by atoms with Crippen LogP contribution in [-0.2, 0) is 10.3 Å². The minimum atomic E-state index is -0.478. The summed E-state index contributed by atoms with van der Waals surface area (Å²) in [5.41, 5.74) is 0.940. The number of hydrogen-bond acceptors (Lipinski definition) is 5. The zero-order chi connectivity index (χ0) is 18.0. The van der Waals surface area contributed by atoms with Crippen molar-refractivity contribution in [3.05, 3.63) is 64.3 Å². The zero-order valence-electron chi connectivity index (χ0n) is 13.9. The van der Waals surface area contributed by atoms with Gasteiger partial charge in [-0.2, -0.15) is 0 Å². The molecule has 134 valence electrons. The normalized spacial score (nSPS) is 16.3. The summed E-state index contributed by atoms with van der Waals surface area (Å²) in [5, 5.41) is 6.31. The monoisotopic (exact) mass is 388 g/mol. The van der Waals surface area contributed by atoms with Crippen molar-refractivity contribution in [2.24, 2.45) is 0 Å². The van der Waals surface area contributed by atoms with Gasteiger partial charge in [0.1, 0.15) is 5.69 Å². The second kappa shape index (κ2) is 7.23. The standard InChI is InChI=1S/C19H17ClN2O3S/c20-14-5-3-13(4-6-14)19(7-10-24-11-8-19)22-17(23)15-12-26-18(21-15)16-2-1-9-25-16/h1-6,9,12H,7-8,10-11H2,(H,22,23). The first-order chi connectivity index (χ1) is 12.7. The Morgan fingerprint density at radius 2 is 1.96 bits per heavy atom. The van der Waals surface area contributed by atoms with Crippen molar-refractivity contribution in [1.29, 1.82) is 0 Å². The van der Waals surface area contributed by atoms with Gasteiger partial charge >= 0.3 is 0 Å². The van der Waals surface area contributed by atoms with Crippen molar-refractivity contribution in [1.82, 2.24) is 10.3 Å². The van der Waals surface area contributed by atoms with Gasteiger partial charge in [-0.3, -0.25) is 4.79 Å². The van der Waals surface area contributed by atoms with Crippen LogP contribution in [0.25, 0.3) is 10.8 Å². The van der Waals surface area contributed by atoms with Crippen LogP contribution in [0.2, 0.25) is 5.02 Å². The molecule has 5 nitrogen and oxygen atoms in total. The predicted octanol–water partition coefficient (Wildman–Crippen LogP) is 4.49. The largest absolute Gasteiger partial charge is 0.462 e. The maximum atomic E-state index is 12.9. The summed E-state index contributed by atoms with van der Waals surface area (Å²) >= 11 is 7.41. The Bertz CT molecular complexity index is 884. The number of amides is 1. The molecule has 26 heavy (non-hydrogen) atoms. The van der Waals surface area contributed by atoms with Crippen molar-refractivity contribution in [3.8, 4) is 10.8 Å². The third-order valence-electron chi connectivity index (χ3n) is 4.56. The lowest BCUT2D eigenvalue weighted by molar-refractivity contribution is 0.0344. The molecule has 1 aliphatic rings. The van der Waals surface area contributed by atoms with Gasteiger partial charge in [-0.05, 0) is 42.7 Å². The molecule has 1 aliphatic heterocycles. The molecule has 1 saturated heterocycles. The number of benzene rings is 1. The van der Waals surface area contributed by atoms with E-state index in [1.54, 1.807) is 17.7 Å². The quantitative estimate of drug-likeness (QED) is 0.715. The lowest BCUT2D eigenvalue weighted by atomic mass is 9.82. The third-order valence-corrected chi connectivity index (χ3v) is 5.67. The highest BCUT2D eigenvalue weighted by molar-refractivity contribution is 7.13. The first-order valence-corrected chi connectivity index (χ1v) is 9.58. The SMILES string of the molecule is O=C(NC1(c2ccc(Cl)cc2)CCOCC1)c1csc(-c2ccco2)n1. The molecule has 3 aromatic rings. The maximum Gasteiger partial charge on any atom is 0.271 e. The number of hydrogen-bond donors (Lipinski definition) is 1. The second-order valence-electron chi connectivity index (χ2n) is 6.17. The molecule has 0 bridgehead atoms. The fourth-order valence-corrected chi connectivity index (χ4v) is 4.04. The molecule has 0 radical (unpaired) electrons. The molecule has 1 aromatic carbocycles. The minimum absolute atomic E-state index is 0.198. The molecule has 7 heteroatoms. The highest BCUT2D eigenvalue weighted by atomic mass is 35.5. The number of furan rings is 1. The van der Waals surface area contributed by atoms with E-state index in [-0.39, 0.29) is 5.91 Å². The van der Waals surface area contributed by atoms with Crippen molar-refractivity contribution >= 4 is 28.8 Å². The number of halogens is 1. The first kappa shape index (κ1) is 17.3. The van der Waals surface area contributed by atoms with Gasteiger partial charge in [0.2, 0.25) is 0 Å². The number of carbonyl (C=O) groups is 1. The van der Waals surface area contributed by atoms with Crippen LogP contribution in [0.15, 0.2) is 52.5 Å². The Kier molecular flexibility index (Phi) is 4.80. The second-order valence-corrected chi connectivity index (χ2v) is 7.47. The topological polar surface area (TPSA) is 64.4 Å². The van der Waals surface area contributed by atoms with Crippen molar-refractivity contribution in [3.63, 3.8) is 0 Å². The van der Waals surface area contributed by atoms with E-state index in [4.69, 9.17) is 20.8 Å². The number of nitrogens with zero attached hydrogens (tertiary/aromatic N) is 1. The fraction of sp³-hybridized carbons (Fsp3) is 0.263. The Hall–Kier alpha value is -2.15. The van der Waals surface area contributed by atoms with E-state index in [2.05, 4.69) is 10.3 Å².